The summed E-state index contributed by atoms with van der Waals surface area (Å²) in [5.41, 5.74) is 2.50. The standard InChI is InChI=1S/C14H15BrN2S/c1-9-6-10(15)2-5-13(9)14-17-8-12(18-14)7-16-11-3-4-11/h2,5-6,8,11,16H,3-4,7H2,1H3. The van der Waals surface area contributed by atoms with Gasteiger partial charge in [0, 0.05) is 33.7 Å². The lowest BCUT2D eigenvalue weighted by Gasteiger charge is -2.02. The summed E-state index contributed by atoms with van der Waals surface area (Å²) >= 11 is 5.28. The van der Waals surface area contributed by atoms with Crippen LogP contribution in [0.1, 0.15) is 23.3 Å². The molecule has 4 heteroatoms. The Kier molecular flexibility index (Phi) is 3.50. The molecule has 2 nitrogen and oxygen atoms in total. The number of hydrogen-bond donors (Lipinski definition) is 1. The van der Waals surface area contributed by atoms with Crippen molar-refractivity contribution in [3.05, 3.63) is 39.3 Å². The third kappa shape index (κ3) is 2.82. The van der Waals surface area contributed by atoms with Gasteiger partial charge in [-0.15, -0.1) is 11.3 Å². The molecule has 1 aromatic heterocycles. The molecule has 1 saturated carbocycles. The maximum absolute atomic E-state index is 4.54. The molecular weight excluding hydrogens is 308 g/mol. The number of nitrogens with one attached hydrogen (secondary N) is 1. The van der Waals surface area contributed by atoms with Crippen LogP contribution in [0.15, 0.2) is 28.9 Å². The highest BCUT2D eigenvalue weighted by Gasteiger charge is 2.20. The van der Waals surface area contributed by atoms with Gasteiger partial charge in [-0.05, 0) is 37.5 Å². The molecule has 0 radical (unpaired) electrons. The van der Waals surface area contributed by atoms with Gasteiger partial charge in [0.1, 0.15) is 5.01 Å². The van der Waals surface area contributed by atoms with Gasteiger partial charge in [0.05, 0.1) is 0 Å². The van der Waals surface area contributed by atoms with E-state index in [1.54, 1.807) is 11.3 Å². The van der Waals surface area contributed by atoms with E-state index in [0.29, 0.717) is 0 Å². The Morgan fingerprint density at radius 3 is 3.00 bits per heavy atom. The number of thiazole rings is 1. The fraction of sp³-hybridized carbons (Fsp3) is 0.357. The topological polar surface area (TPSA) is 24.9 Å². The van der Waals surface area contributed by atoms with Gasteiger partial charge >= 0.3 is 0 Å². The van der Waals surface area contributed by atoms with Crippen LogP contribution in [-0.4, -0.2) is 11.0 Å². The van der Waals surface area contributed by atoms with Gasteiger partial charge in [-0.1, -0.05) is 22.0 Å². The molecule has 2 aromatic rings. The van der Waals surface area contributed by atoms with Crippen LogP contribution in [0.2, 0.25) is 0 Å². The first-order valence-corrected chi connectivity index (χ1v) is 7.78. The normalized spacial score (nSPS) is 15.0. The van der Waals surface area contributed by atoms with Gasteiger partial charge in [-0.2, -0.15) is 0 Å². The molecule has 18 heavy (non-hydrogen) atoms. The Bertz CT molecular complexity index is 561. The Labute approximate surface area is 120 Å². The van der Waals surface area contributed by atoms with E-state index >= 15 is 0 Å². The fourth-order valence-corrected chi connectivity index (χ4v) is 3.34. The first kappa shape index (κ1) is 12.3. The lowest BCUT2D eigenvalue weighted by atomic mass is 10.1. The van der Waals surface area contributed by atoms with Crippen molar-refractivity contribution in [3.63, 3.8) is 0 Å². The first-order valence-electron chi connectivity index (χ1n) is 6.17. The molecule has 94 valence electrons. The third-order valence-corrected chi connectivity index (χ3v) is 4.64. The molecule has 1 aliphatic carbocycles. The monoisotopic (exact) mass is 322 g/mol. The van der Waals surface area contributed by atoms with E-state index in [0.717, 1.165) is 22.1 Å². The molecule has 1 fully saturated rings. The Hall–Kier alpha value is -0.710. The zero-order valence-electron chi connectivity index (χ0n) is 10.2. The second-order valence-corrected chi connectivity index (χ2v) is 6.78. The average molecular weight is 323 g/mol. The number of aryl methyl sites for hydroxylation is 1. The van der Waals surface area contributed by atoms with Crippen LogP contribution in [0, 0.1) is 6.92 Å². The van der Waals surface area contributed by atoms with E-state index < -0.39 is 0 Å². The number of halogens is 1. The highest BCUT2D eigenvalue weighted by molar-refractivity contribution is 9.10. The molecular formula is C14H15BrN2S. The van der Waals surface area contributed by atoms with Gasteiger partial charge in [-0.25, -0.2) is 4.98 Å². The lowest BCUT2D eigenvalue weighted by molar-refractivity contribution is 0.694. The quantitative estimate of drug-likeness (QED) is 0.915. The van der Waals surface area contributed by atoms with Crippen LogP contribution in [0.3, 0.4) is 0 Å². The van der Waals surface area contributed by atoms with Crippen LogP contribution in [-0.2, 0) is 6.54 Å². The number of hydrogen-bond acceptors (Lipinski definition) is 3. The second kappa shape index (κ2) is 5.11. The summed E-state index contributed by atoms with van der Waals surface area (Å²) in [6, 6.07) is 7.10. The fourth-order valence-electron chi connectivity index (χ4n) is 1.91. The molecule has 1 N–H and O–H groups in total. The number of benzene rings is 1. The molecule has 0 saturated heterocycles. The molecule has 0 spiro atoms. The Morgan fingerprint density at radius 2 is 2.28 bits per heavy atom. The van der Waals surface area contributed by atoms with Crippen molar-refractivity contribution < 1.29 is 0 Å². The maximum atomic E-state index is 4.54. The zero-order valence-corrected chi connectivity index (χ0v) is 12.6. The van der Waals surface area contributed by atoms with Crippen LogP contribution < -0.4 is 5.32 Å². The Morgan fingerprint density at radius 1 is 1.44 bits per heavy atom. The van der Waals surface area contributed by atoms with E-state index in [1.807, 2.05) is 6.20 Å². The SMILES string of the molecule is Cc1cc(Br)ccc1-c1ncc(CNC2CC2)s1. The number of aromatic nitrogens is 1. The minimum atomic E-state index is 0.755. The smallest absolute Gasteiger partial charge is 0.123 e. The molecule has 0 unspecified atom stereocenters. The van der Waals surface area contributed by atoms with E-state index in [4.69, 9.17) is 0 Å². The summed E-state index contributed by atoms with van der Waals surface area (Å²) < 4.78 is 1.12. The first-order chi connectivity index (χ1) is 8.72. The largest absolute Gasteiger partial charge is 0.309 e. The van der Waals surface area contributed by atoms with Gasteiger partial charge in [0.2, 0.25) is 0 Å². The van der Waals surface area contributed by atoms with E-state index in [1.165, 1.54) is 28.8 Å². The summed E-state index contributed by atoms with van der Waals surface area (Å²) in [6.45, 7) is 3.08. The highest BCUT2D eigenvalue weighted by Crippen LogP contribution is 2.30. The van der Waals surface area contributed by atoms with Gasteiger partial charge in [0.15, 0.2) is 0 Å². The van der Waals surface area contributed by atoms with Gasteiger partial charge < -0.3 is 5.32 Å². The van der Waals surface area contributed by atoms with Crippen molar-refractivity contribution in [3.8, 4) is 10.6 Å². The predicted molar refractivity (Wildman–Crippen MR) is 79.8 cm³/mol. The van der Waals surface area contributed by atoms with Crippen molar-refractivity contribution in [1.82, 2.24) is 10.3 Å². The molecule has 0 bridgehead atoms. The van der Waals surface area contributed by atoms with Crippen molar-refractivity contribution >= 4 is 27.3 Å². The number of nitrogens with zero attached hydrogens (tertiary/aromatic N) is 1. The molecule has 1 aliphatic rings. The lowest BCUT2D eigenvalue weighted by Crippen LogP contribution is -2.14. The Balaban J connectivity index is 1.78. The molecule has 0 aliphatic heterocycles. The van der Waals surface area contributed by atoms with E-state index in [9.17, 15) is 0 Å². The summed E-state index contributed by atoms with van der Waals surface area (Å²) in [7, 11) is 0. The number of rotatable bonds is 4. The molecule has 3 rings (SSSR count). The minimum absolute atomic E-state index is 0.755. The third-order valence-electron chi connectivity index (χ3n) is 3.11. The summed E-state index contributed by atoms with van der Waals surface area (Å²) in [5.74, 6) is 0. The summed E-state index contributed by atoms with van der Waals surface area (Å²) in [4.78, 5) is 5.86. The van der Waals surface area contributed by atoms with Crippen molar-refractivity contribution in [2.24, 2.45) is 0 Å². The van der Waals surface area contributed by atoms with Crippen molar-refractivity contribution in [1.29, 1.82) is 0 Å². The van der Waals surface area contributed by atoms with Crippen molar-refractivity contribution in [2.75, 3.05) is 0 Å². The molecule has 0 amide bonds. The molecule has 1 heterocycles. The van der Waals surface area contributed by atoms with E-state index in [2.05, 4.69) is 51.4 Å². The molecule has 0 atom stereocenters. The van der Waals surface area contributed by atoms with E-state index in [-0.39, 0.29) is 0 Å². The average Bonchev–Trinajstić information content (AvgIpc) is 3.05. The zero-order chi connectivity index (χ0) is 12.5. The molecule has 1 aromatic carbocycles. The van der Waals surface area contributed by atoms with Crippen LogP contribution in [0.25, 0.3) is 10.6 Å². The van der Waals surface area contributed by atoms with Crippen LogP contribution >= 0.6 is 27.3 Å². The summed E-state index contributed by atoms with van der Waals surface area (Å²) in [5, 5.41) is 4.64. The summed E-state index contributed by atoms with van der Waals surface area (Å²) in [6.07, 6.45) is 4.66. The second-order valence-electron chi connectivity index (χ2n) is 4.75. The van der Waals surface area contributed by atoms with Gasteiger partial charge in [-0.3, -0.25) is 0 Å². The highest BCUT2D eigenvalue weighted by atomic mass is 79.9. The van der Waals surface area contributed by atoms with Crippen LogP contribution in [0.5, 0.6) is 0 Å². The minimum Gasteiger partial charge on any atom is -0.309 e. The van der Waals surface area contributed by atoms with Crippen LogP contribution in [0.4, 0.5) is 0 Å². The van der Waals surface area contributed by atoms with Gasteiger partial charge in [0.25, 0.3) is 0 Å². The predicted octanol–water partition coefficient (Wildman–Crippen LogP) is 4.13. The maximum Gasteiger partial charge on any atom is 0.123 e. The van der Waals surface area contributed by atoms with Crippen molar-refractivity contribution in [2.45, 2.75) is 32.4 Å².